The zero-order valence-corrected chi connectivity index (χ0v) is 24.0. The third kappa shape index (κ3) is 11.6. The van der Waals surface area contributed by atoms with Gasteiger partial charge in [0.05, 0.1) is 6.04 Å². The van der Waals surface area contributed by atoms with Gasteiger partial charge in [0.25, 0.3) is 0 Å². The van der Waals surface area contributed by atoms with Crippen molar-refractivity contribution in [3.05, 3.63) is 36.0 Å². The molecule has 0 aliphatic carbocycles. The van der Waals surface area contributed by atoms with Gasteiger partial charge in [0.2, 0.25) is 23.6 Å². The van der Waals surface area contributed by atoms with E-state index in [0.29, 0.717) is 5.56 Å². The lowest BCUT2D eigenvalue weighted by Crippen LogP contribution is -2.57. The molecule has 0 saturated heterocycles. The Labute approximate surface area is 252 Å². The van der Waals surface area contributed by atoms with Crippen LogP contribution in [0.5, 0.6) is 0 Å². The number of guanidine groups is 1. The largest absolute Gasteiger partial charge is 0.481 e. The van der Waals surface area contributed by atoms with Crippen LogP contribution in [0.25, 0.3) is 10.9 Å². The van der Waals surface area contributed by atoms with Gasteiger partial charge in [-0.3, -0.25) is 29.0 Å². The Morgan fingerprint density at radius 2 is 1.45 bits per heavy atom. The monoisotopic (exact) mass is 617 g/mol. The molecule has 0 fully saturated rings. The van der Waals surface area contributed by atoms with E-state index < -0.39 is 59.7 Å². The number of H-pyrrole nitrogens is 1. The highest BCUT2D eigenvalue weighted by molar-refractivity contribution is 5.95. The van der Waals surface area contributed by atoms with E-state index in [4.69, 9.17) is 28.0 Å². The number of rotatable bonds is 19. The Bertz CT molecular complexity index is 1370. The molecule has 0 aliphatic heterocycles. The zero-order valence-electron chi connectivity index (χ0n) is 24.0. The number of hydrogen-bond acceptors (Lipinski definition) is 8. The van der Waals surface area contributed by atoms with Crippen LogP contribution in [0.2, 0.25) is 0 Å². The summed E-state index contributed by atoms with van der Waals surface area (Å²) >= 11 is 0. The lowest BCUT2D eigenvalue weighted by atomic mass is 10.0. The fraction of sp³-hybridized carbons (Fsp3) is 0.444. The molecule has 2 aromatic rings. The summed E-state index contributed by atoms with van der Waals surface area (Å²) in [5.41, 5.74) is 23.1. The van der Waals surface area contributed by atoms with Gasteiger partial charge in [-0.2, -0.15) is 0 Å². The molecule has 17 nitrogen and oxygen atoms in total. The average Bonchev–Trinajstić information content (AvgIpc) is 3.37. The van der Waals surface area contributed by atoms with Crippen LogP contribution in [0.1, 0.15) is 44.1 Å². The van der Waals surface area contributed by atoms with Crippen LogP contribution in [-0.4, -0.2) is 87.4 Å². The Morgan fingerprint density at radius 1 is 0.818 bits per heavy atom. The van der Waals surface area contributed by atoms with E-state index in [0.717, 1.165) is 10.9 Å². The number of aromatic amines is 1. The van der Waals surface area contributed by atoms with Gasteiger partial charge in [-0.1, -0.05) is 18.2 Å². The number of carboxylic acid groups (broad SMARTS) is 2. The number of amides is 4. The number of primary amides is 1. The van der Waals surface area contributed by atoms with Crippen molar-refractivity contribution in [2.75, 3.05) is 6.54 Å². The topological polar surface area (TPSA) is 311 Å². The number of aliphatic imine (C=N–C) groups is 1. The van der Waals surface area contributed by atoms with Crippen molar-refractivity contribution in [1.82, 2.24) is 20.9 Å². The maximum atomic E-state index is 13.6. The molecule has 14 N–H and O–H groups in total. The van der Waals surface area contributed by atoms with Crippen molar-refractivity contribution in [3.8, 4) is 0 Å². The standard InChI is InChI=1S/C27H39N9O8/c28-16(7-10-22(38)39)23(40)36-20(12-14-13-33-17-5-2-1-4-15(14)17)25(42)34-18(6-3-11-32-27(30)31)24(41)35-19(26(43)44)8-9-21(29)37/h1-2,4-5,13,16,18-20,33H,3,6-12,28H2,(H2,29,37)(H,34,42)(H,35,41)(H,36,40)(H,38,39)(H,43,44)(H4,30,31,32). The zero-order chi connectivity index (χ0) is 32.8. The van der Waals surface area contributed by atoms with E-state index >= 15 is 0 Å². The van der Waals surface area contributed by atoms with Gasteiger partial charge in [-0.05, 0) is 37.3 Å². The molecule has 44 heavy (non-hydrogen) atoms. The first-order chi connectivity index (χ1) is 20.8. The normalized spacial score (nSPS) is 13.6. The Balaban J connectivity index is 2.32. The molecule has 0 aliphatic rings. The highest BCUT2D eigenvalue weighted by Gasteiger charge is 2.31. The van der Waals surface area contributed by atoms with Gasteiger partial charge in [0, 0.05) is 42.9 Å². The highest BCUT2D eigenvalue weighted by Crippen LogP contribution is 2.19. The predicted octanol–water partition coefficient (Wildman–Crippen LogP) is -2.24. The highest BCUT2D eigenvalue weighted by atomic mass is 16.4. The number of hydrogen-bond donors (Lipinski definition) is 10. The number of para-hydroxylation sites is 1. The minimum absolute atomic E-state index is 0.0254. The lowest BCUT2D eigenvalue weighted by molar-refractivity contribution is -0.142. The van der Waals surface area contributed by atoms with Crippen LogP contribution in [0.3, 0.4) is 0 Å². The molecule has 4 atom stereocenters. The minimum atomic E-state index is -1.47. The second-order valence-electron chi connectivity index (χ2n) is 10.1. The first-order valence-corrected chi connectivity index (χ1v) is 13.8. The first-order valence-electron chi connectivity index (χ1n) is 13.8. The van der Waals surface area contributed by atoms with Crippen molar-refractivity contribution in [3.63, 3.8) is 0 Å². The van der Waals surface area contributed by atoms with E-state index in [2.05, 4.69) is 25.9 Å². The number of carboxylic acids is 2. The van der Waals surface area contributed by atoms with Crippen LogP contribution in [-0.2, 0) is 35.2 Å². The Hall–Kier alpha value is -5.19. The van der Waals surface area contributed by atoms with Crippen LogP contribution >= 0.6 is 0 Å². The minimum Gasteiger partial charge on any atom is -0.481 e. The van der Waals surface area contributed by atoms with Crippen molar-refractivity contribution < 1.29 is 39.0 Å². The van der Waals surface area contributed by atoms with Gasteiger partial charge in [0.1, 0.15) is 18.1 Å². The molecule has 4 amide bonds. The van der Waals surface area contributed by atoms with Gasteiger partial charge >= 0.3 is 11.9 Å². The summed E-state index contributed by atoms with van der Waals surface area (Å²) in [6.07, 6.45) is 0.672. The molecule has 2 rings (SSSR count). The van der Waals surface area contributed by atoms with E-state index in [1.54, 1.807) is 12.3 Å². The van der Waals surface area contributed by atoms with E-state index in [-0.39, 0.29) is 57.5 Å². The van der Waals surface area contributed by atoms with E-state index in [1.165, 1.54) is 0 Å². The molecule has 4 unspecified atom stereocenters. The first kappa shape index (κ1) is 35.0. The summed E-state index contributed by atoms with van der Waals surface area (Å²) in [4.78, 5) is 80.4. The van der Waals surface area contributed by atoms with Gasteiger partial charge < -0.3 is 54.1 Å². The molecule has 0 radical (unpaired) electrons. The number of aromatic nitrogens is 1. The fourth-order valence-corrected chi connectivity index (χ4v) is 4.28. The molecular weight excluding hydrogens is 578 g/mol. The van der Waals surface area contributed by atoms with Crippen LogP contribution in [0.4, 0.5) is 0 Å². The molecule has 240 valence electrons. The van der Waals surface area contributed by atoms with E-state index in [9.17, 15) is 33.9 Å². The second kappa shape index (κ2) is 17.1. The number of nitrogens with two attached hydrogens (primary N) is 4. The summed E-state index contributed by atoms with van der Waals surface area (Å²) in [5.74, 6) is -5.94. The predicted molar refractivity (Wildman–Crippen MR) is 159 cm³/mol. The molecule has 17 heteroatoms. The lowest BCUT2D eigenvalue weighted by Gasteiger charge is -2.25. The smallest absolute Gasteiger partial charge is 0.326 e. The number of aliphatic carboxylic acids is 2. The van der Waals surface area contributed by atoms with Crippen molar-refractivity contribution in [2.24, 2.45) is 27.9 Å². The summed E-state index contributed by atoms with van der Waals surface area (Å²) in [7, 11) is 0. The molecule has 0 saturated carbocycles. The molecule has 0 spiro atoms. The summed E-state index contributed by atoms with van der Waals surface area (Å²) in [6, 6.07) is 1.98. The number of benzene rings is 1. The number of carbonyl (C=O) groups excluding carboxylic acids is 4. The molecular formula is C27H39N9O8. The van der Waals surface area contributed by atoms with Gasteiger partial charge in [0.15, 0.2) is 5.96 Å². The number of fused-ring (bicyclic) bond motifs is 1. The van der Waals surface area contributed by atoms with E-state index in [1.807, 2.05) is 18.2 Å². The molecule has 1 heterocycles. The van der Waals surface area contributed by atoms with Gasteiger partial charge in [-0.25, -0.2) is 4.79 Å². The summed E-state index contributed by atoms with van der Waals surface area (Å²) in [6.45, 7) is 0.0972. The number of nitrogens with zero attached hydrogens (tertiary/aromatic N) is 1. The Kier molecular flexibility index (Phi) is 13.6. The van der Waals surface area contributed by atoms with Crippen molar-refractivity contribution >= 4 is 52.4 Å². The number of nitrogens with one attached hydrogen (secondary N) is 4. The van der Waals surface area contributed by atoms with Crippen LogP contribution in [0, 0.1) is 0 Å². The second-order valence-corrected chi connectivity index (χ2v) is 10.1. The fourth-order valence-electron chi connectivity index (χ4n) is 4.28. The third-order valence-corrected chi connectivity index (χ3v) is 6.61. The Morgan fingerprint density at radius 3 is 2.09 bits per heavy atom. The quantitative estimate of drug-likeness (QED) is 0.0456. The van der Waals surface area contributed by atoms with Crippen LogP contribution < -0.4 is 38.9 Å². The van der Waals surface area contributed by atoms with Crippen molar-refractivity contribution in [1.29, 1.82) is 0 Å². The maximum Gasteiger partial charge on any atom is 0.326 e. The SMILES string of the molecule is NC(=O)CCC(NC(=O)C(CCCN=C(N)N)NC(=O)C(Cc1c[nH]c2ccccc12)NC(=O)C(N)CCC(=O)O)C(=O)O. The molecule has 1 aromatic heterocycles. The molecule has 1 aromatic carbocycles. The van der Waals surface area contributed by atoms with Gasteiger partial charge in [-0.15, -0.1) is 0 Å². The average molecular weight is 618 g/mol. The third-order valence-electron chi connectivity index (χ3n) is 6.61. The summed E-state index contributed by atoms with van der Waals surface area (Å²) in [5, 5.41) is 26.7. The van der Waals surface area contributed by atoms with Crippen LogP contribution in [0.15, 0.2) is 35.5 Å². The maximum absolute atomic E-state index is 13.6. The summed E-state index contributed by atoms with van der Waals surface area (Å²) < 4.78 is 0. The van der Waals surface area contributed by atoms with Crippen molar-refractivity contribution in [2.45, 2.75) is 69.1 Å². The number of carbonyl (C=O) groups is 6. The molecule has 0 bridgehead atoms.